The van der Waals surface area contributed by atoms with E-state index < -0.39 is 0 Å². The molecule has 0 unspecified atom stereocenters. The molecule has 0 radical (unpaired) electrons. The number of hydrogen-bond donors (Lipinski definition) is 1. The summed E-state index contributed by atoms with van der Waals surface area (Å²) >= 11 is 6.48. The Bertz CT molecular complexity index is 1760. The van der Waals surface area contributed by atoms with Gasteiger partial charge in [0.1, 0.15) is 36.8 Å². The van der Waals surface area contributed by atoms with E-state index in [1.54, 1.807) is 34.3 Å². The number of aryl methyl sites for hydroxylation is 1. The number of anilines is 2. The molecule has 5 heterocycles. The molecule has 252 valence electrons. The van der Waals surface area contributed by atoms with Gasteiger partial charge in [-0.25, -0.2) is 19.6 Å². The molecule has 2 fully saturated rings. The minimum atomic E-state index is -0.169. The average Bonchev–Trinajstić information content (AvgIpc) is 3.88. The van der Waals surface area contributed by atoms with Crippen LogP contribution in [0.5, 0.6) is 11.6 Å². The minimum absolute atomic E-state index is 0.169. The van der Waals surface area contributed by atoms with E-state index >= 15 is 0 Å². The Kier molecular flexibility index (Phi) is 9.82. The summed E-state index contributed by atoms with van der Waals surface area (Å²) in [5.74, 6) is 1.51. The lowest BCUT2D eigenvalue weighted by Gasteiger charge is -2.38. The van der Waals surface area contributed by atoms with Crippen molar-refractivity contribution in [2.45, 2.75) is 63.9 Å². The lowest BCUT2D eigenvalue weighted by molar-refractivity contribution is 0.00502. The molecule has 1 aromatic carbocycles. The van der Waals surface area contributed by atoms with Crippen LogP contribution >= 0.6 is 11.6 Å². The fourth-order valence-corrected chi connectivity index (χ4v) is 6.51. The van der Waals surface area contributed by atoms with Gasteiger partial charge in [0.05, 0.1) is 42.7 Å². The van der Waals surface area contributed by atoms with Gasteiger partial charge in [-0.05, 0) is 56.4 Å². The van der Waals surface area contributed by atoms with E-state index in [1.165, 1.54) is 6.33 Å². The molecule has 4 aromatic heterocycles. The molecule has 48 heavy (non-hydrogen) atoms. The number of nitrogens with one attached hydrogen (secondary N) is 1. The van der Waals surface area contributed by atoms with Gasteiger partial charge in [0.2, 0.25) is 5.95 Å². The highest BCUT2D eigenvalue weighted by molar-refractivity contribution is 6.32. The molecule has 1 aliphatic carbocycles. The summed E-state index contributed by atoms with van der Waals surface area (Å²) in [6.07, 6.45) is 14.7. The van der Waals surface area contributed by atoms with Gasteiger partial charge in [-0.15, -0.1) is 5.10 Å². The molecule has 1 saturated carbocycles. The second-order valence-electron chi connectivity index (χ2n) is 12.3. The van der Waals surface area contributed by atoms with Crippen molar-refractivity contribution in [3.63, 3.8) is 0 Å². The predicted molar refractivity (Wildman–Crippen MR) is 179 cm³/mol. The van der Waals surface area contributed by atoms with Crippen LogP contribution in [0.15, 0.2) is 61.7 Å². The summed E-state index contributed by atoms with van der Waals surface area (Å²) in [5.41, 5.74) is 3.37. The van der Waals surface area contributed by atoms with Gasteiger partial charge in [0, 0.05) is 50.3 Å². The first-order chi connectivity index (χ1) is 23.5. The smallest absolute Gasteiger partial charge is 0.257 e. The van der Waals surface area contributed by atoms with Crippen LogP contribution in [-0.2, 0) is 24.9 Å². The zero-order valence-electron chi connectivity index (χ0n) is 27.2. The van der Waals surface area contributed by atoms with Gasteiger partial charge in [-0.2, -0.15) is 10.2 Å². The zero-order valence-corrected chi connectivity index (χ0v) is 27.9. The lowest BCUT2D eigenvalue weighted by Crippen LogP contribution is -2.45. The third-order valence-electron chi connectivity index (χ3n) is 8.98. The maximum absolute atomic E-state index is 6.48. The summed E-state index contributed by atoms with van der Waals surface area (Å²) in [6.45, 7) is 6.54. The normalized spacial score (nSPS) is 19.2. The zero-order chi connectivity index (χ0) is 32.9. The molecule has 14 nitrogen and oxygen atoms in total. The highest BCUT2D eigenvalue weighted by Crippen LogP contribution is 2.35. The molecule has 1 aliphatic heterocycles. The Morgan fingerprint density at radius 3 is 2.54 bits per heavy atom. The van der Waals surface area contributed by atoms with Crippen LogP contribution in [-0.4, -0.2) is 87.6 Å². The minimum Gasteiger partial charge on any atom is -0.487 e. The SMILES string of the molecule is C[C@@H](Cn1cncn1)Oc1cc(-c2cnc(Nc3cn(C4CCC(N5CCOCC5)CC4)nc3OCc3ccnn3C)nc2)ccc1Cl. The Hall–Kier alpha value is -4.53. The molecule has 1 N–H and O–H groups in total. The average molecular weight is 674 g/mol. The summed E-state index contributed by atoms with van der Waals surface area (Å²) in [6, 6.07) is 8.47. The maximum atomic E-state index is 6.48. The van der Waals surface area contributed by atoms with E-state index in [0.717, 1.165) is 68.8 Å². The van der Waals surface area contributed by atoms with Crippen LogP contribution in [0, 0.1) is 0 Å². The van der Waals surface area contributed by atoms with Crippen molar-refractivity contribution >= 4 is 23.2 Å². The van der Waals surface area contributed by atoms with E-state index in [9.17, 15) is 0 Å². The van der Waals surface area contributed by atoms with E-state index in [0.29, 0.717) is 53.5 Å². The van der Waals surface area contributed by atoms with E-state index in [2.05, 4.69) is 35.4 Å². The molecule has 0 spiro atoms. The summed E-state index contributed by atoms with van der Waals surface area (Å²) in [7, 11) is 1.90. The largest absolute Gasteiger partial charge is 0.487 e. The predicted octanol–water partition coefficient (Wildman–Crippen LogP) is 4.92. The quantitative estimate of drug-likeness (QED) is 0.193. The van der Waals surface area contributed by atoms with Crippen molar-refractivity contribution in [3.05, 3.63) is 72.4 Å². The monoisotopic (exact) mass is 673 g/mol. The maximum Gasteiger partial charge on any atom is 0.257 e. The topological polar surface area (TPSA) is 135 Å². The second-order valence-corrected chi connectivity index (χ2v) is 12.7. The molecule has 0 bridgehead atoms. The molecular formula is C33H40ClN11O3. The van der Waals surface area contributed by atoms with Crippen LogP contribution in [0.25, 0.3) is 11.1 Å². The first-order valence-corrected chi connectivity index (χ1v) is 16.7. The Labute approximate surface area is 284 Å². The van der Waals surface area contributed by atoms with Crippen molar-refractivity contribution in [3.8, 4) is 22.8 Å². The highest BCUT2D eigenvalue weighted by Gasteiger charge is 2.29. The Morgan fingerprint density at radius 2 is 1.81 bits per heavy atom. The van der Waals surface area contributed by atoms with Crippen molar-refractivity contribution in [1.29, 1.82) is 0 Å². The number of rotatable bonds is 12. The van der Waals surface area contributed by atoms with Crippen molar-refractivity contribution < 1.29 is 14.2 Å². The van der Waals surface area contributed by atoms with Crippen LogP contribution in [0.4, 0.5) is 11.6 Å². The van der Waals surface area contributed by atoms with Crippen molar-refractivity contribution in [2.24, 2.45) is 7.05 Å². The summed E-state index contributed by atoms with van der Waals surface area (Å²) in [5, 5.41) is 17.2. The number of aromatic nitrogens is 9. The van der Waals surface area contributed by atoms with Crippen LogP contribution in [0.1, 0.15) is 44.3 Å². The van der Waals surface area contributed by atoms with Crippen LogP contribution in [0.3, 0.4) is 0 Å². The van der Waals surface area contributed by atoms with Crippen molar-refractivity contribution in [1.82, 2.24) is 49.2 Å². The third kappa shape index (κ3) is 7.61. The molecule has 0 amide bonds. The number of morpholine rings is 1. The molecule has 1 atom stereocenters. The van der Waals surface area contributed by atoms with Gasteiger partial charge >= 0.3 is 0 Å². The number of ether oxygens (including phenoxy) is 3. The second kappa shape index (κ2) is 14.7. The van der Waals surface area contributed by atoms with Gasteiger partial charge in [-0.1, -0.05) is 17.7 Å². The summed E-state index contributed by atoms with van der Waals surface area (Å²) in [4.78, 5) is 15.8. The molecule has 5 aromatic rings. The van der Waals surface area contributed by atoms with Gasteiger partial charge in [0.15, 0.2) is 0 Å². The Morgan fingerprint density at radius 1 is 1.02 bits per heavy atom. The highest BCUT2D eigenvalue weighted by atomic mass is 35.5. The first kappa shape index (κ1) is 32.0. The van der Waals surface area contributed by atoms with Crippen molar-refractivity contribution in [2.75, 3.05) is 31.6 Å². The fraction of sp³-hybridized carbons (Fsp3) is 0.455. The molecule has 7 rings (SSSR count). The Balaban J connectivity index is 1.04. The van der Waals surface area contributed by atoms with Crippen LogP contribution < -0.4 is 14.8 Å². The third-order valence-corrected chi connectivity index (χ3v) is 9.29. The van der Waals surface area contributed by atoms with Gasteiger partial charge in [0.25, 0.3) is 5.88 Å². The summed E-state index contributed by atoms with van der Waals surface area (Å²) < 4.78 is 23.5. The van der Waals surface area contributed by atoms with Crippen LogP contribution in [0.2, 0.25) is 5.02 Å². The van der Waals surface area contributed by atoms with E-state index in [4.69, 9.17) is 30.9 Å². The van der Waals surface area contributed by atoms with Gasteiger partial charge in [-0.3, -0.25) is 14.3 Å². The first-order valence-electron chi connectivity index (χ1n) is 16.4. The fourth-order valence-electron chi connectivity index (χ4n) is 6.35. The standard InChI is InChI=1S/C33H40ClN11O3/c1-23(18-44-22-35-21-39-44)48-31-15-24(3-8-29(31)34)25-16-36-33(37-17-25)40-30-19-45(41-32(30)47-20-28-9-10-38-42(28)2)27-6-4-26(5-7-27)43-11-13-46-14-12-43/h3,8-10,15-17,19,21-23,26-27H,4-7,11-14,18,20H2,1-2H3,(H,36,37,40)/t23-,26?,27?/m0/s1. The molecule has 15 heteroatoms. The van der Waals surface area contributed by atoms with E-state index in [1.807, 2.05) is 49.1 Å². The number of benzene rings is 1. The molecule has 1 saturated heterocycles. The number of halogens is 1. The number of hydrogen-bond acceptors (Lipinski definition) is 11. The lowest BCUT2D eigenvalue weighted by atomic mass is 9.90. The van der Waals surface area contributed by atoms with E-state index in [-0.39, 0.29) is 6.10 Å². The number of nitrogens with zero attached hydrogens (tertiary/aromatic N) is 10. The molecule has 2 aliphatic rings. The van der Waals surface area contributed by atoms with Gasteiger partial charge < -0.3 is 19.5 Å². The molecular weight excluding hydrogens is 634 g/mol.